The molecule has 1 saturated carbocycles. The summed E-state index contributed by atoms with van der Waals surface area (Å²) in [5, 5.41) is 9.06. The largest absolute Gasteiger partial charge is 0.479 e. The average molecular weight is 248 g/mol. The number of methoxy groups -OCH3 is 1. The summed E-state index contributed by atoms with van der Waals surface area (Å²) in [6.45, 7) is 0. The second-order valence-corrected chi connectivity index (χ2v) is 7.02. The minimum atomic E-state index is -2.95. The fourth-order valence-corrected chi connectivity index (χ4v) is 4.78. The molecular weight excluding hydrogens is 232 g/mol. The highest BCUT2D eigenvalue weighted by Gasteiger charge is 2.59. The Balaban J connectivity index is 2.17. The van der Waals surface area contributed by atoms with Crippen molar-refractivity contribution in [2.75, 3.05) is 18.6 Å². The maximum absolute atomic E-state index is 11.4. The molecule has 0 amide bonds. The van der Waals surface area contributed by atoms with Crippen molar-refractivity contribution in [2.24, 2.45) is 11.3 Å². The van der Waals surface area contributed by atoms with Gasteiger partial charge in [0.1, 0.15) is 0 Å². The van der Waals surface area contributed by atoms with Crippen LogP contribution in [-0.2, 0) is 19.4 Å². The summed E-state index contributed by atoms with van der Waals surface area (Å²) >= 11 is 0. The number of carboxylic acid groups (broad SMARTS) is 1. The Morgan fingerprint density at radius 3 is 2.44 bits per heavy atom. The number of hydrogen-bond acceptors (Lipinski definition) is 4. The Hall–Kier alpha value is -0.620. The number of hydrogen-bond donors (Lipinski definition) is 1. The number of rotatable bonds is 4. The molecule has 1 saturated heterocycles. The van der Waals surface area contributed by atoms with E-state index in [9.17, 15) is 13.2 Å². The predicted octanol–water partition coefficient (Wildman–Crippen LogP) is 0.301. The zero-order chi connectivity index (χ0) is 12.0. The van der Waals surface area contributed by atoms with Gasteiger partial charge in [0.05, 0.1) is 11.5 Å². The molecule has 92 valence electrons. The van der Waals surface area contributed by atoms with Gasteiger partial charge in [-0.2, -0.15) is 0 Å². The minimum absolute atomic E-state index is 0.0430. The standard InChI is InChI=1S/C10H16O5S/c1-15-8(9(11)12)10(3-4-10)7-2-5-16(13,14)6-7/h7-8H,2-6H2,1H3,(H,11,12). The molecule has 0 aromatic heterocycles. The fourth-order valence-electron chi connectivity index (χ4n) is 2.86. The van der Waals surface area contributed by atoms with Crippen LogP contribution in [0.4, 0.5) is 0 Å². The summed E-state index contributed by atoms with van der Waals surface area (Å²) in [6, 6.07) is 0. The number of aliphatic carboxylic acids is 1. The SMILES string of the molecule is COC(C(=O)O)C1(C2CCS(=O)(=O)C2)CC1. The second-order valence-electron chi connectivity index (χ2n) is 4.79. The van der Waals surface area contributed by atoms with Crippen LogP contribution in [0.2, 0.25) is 0 Å². The molecule has 2 unspecified atom stereocenters. The molecule has 0 spiro atoms. The van der Waals surface area contributed by atoms with E-state index in [2.05, 4.69) is 0 Å². The third-order valence-corrected chi connectivity index (χ3v) is 5.62. The molecule has 2 aliphatic rings. The van der Waals surface area contributed by atoms with Gasteiger partial charge in [0.2, 0.25) is 0 Å². The van der Waals surface area contributed by atoms with Gasteiger partial charge in [0.15, 0.2) is 15.9 Å². The normalized spacial score (nSPS) is 32.2. The van der Waals surface area contributed by atoms with E-state index in [1.54, 1.807) is 0 Å². The summed E-state index contributed by atoms with van der Waals surface area (Å²) in [6.07, 6.45) is 1.25. The third kappa shape index (κ3) is 1.84. The zero-order valence-electron chi connectivity index (χ0n) is 9.18. The van der Waals surface area contributed by atoms with E-state index in [4.69, 9.17) is 9.84 Å². The highest BCUT2D eigenvalue weighted by molar-refractivity contribution is 7.91. The number of sulfone groups is 1. The molecule has 2 fully saturated rings. The summed E-state index contributed by atoms with van der Waals surface area (Å²) in [4.78, 5) is 11.1. The van der Waals surface area contributed by atoms with Crippen molar-refractivity contribution in [3.05, 3.63) is 0 Å². The molecule has 2 rings (SSSR count). The van der Waals surface area contributed by atoms with E-state index in [0.29, 0.717) is 6.42 Å². The first-order chi connectivity index (χ1) is 7.41. The number of carbonyl (C=O) groups is 1. The molecule has 1 N–H and O–H groups in total. The van der Waals surface area contributed by atoms with Gasteiger partial charge >= 0.3 is 5.97 Å². The molecule has 5 nitrogen and oxygen atoms in total. The quantitative estimate of drug-likeness (QED) is 0.774. The molecule has 1 aliphatic heterocycles. The van der Waals surface area contributed by atoms with E-state index in [1.807, 2.05) is 0 Å². The first kappa shape index (κ1) is 11.9. The van der Waals surface area contributed by atoms with Crippen LogP contribution in [0.3, 0.4) is 0 Å². The summed E-state index contributed by atoms with van der Waals surface area (Å²) < 4.78 is 27.8. The van der Waals surface area contributed by atoms with Gasteiger partial charge in [0, 0.05) is 12.5 Å². The van der Waals surface area contributed by atoms with Gasteiger partial charge < -0.3 is 9.84 Å². The van der Waals surface area contributed by atoms with Crippen molar-refractivity contribution in [1.29, 1.82) is 0 Å². The summed E-state index contributed by atoms with van der Waals surface area (Å²) in [7, 11) is -1.58. The van der Waals surface area contributed by atoms with Crippen LogP contribution in [0, 0.1) is 11.3 Å². The van der Waals surface area contributed by atoms with Crippen LogP contribution in [0.25, 0.3) is 0 Å². The van der Waals surface area contributed by atoms with Crippen LogP contribution < -0.4 is 0 Å². The summed E-state index contributed by atoms with van der Waals surface area (Å²) in [5.41, 5.74) is -0.426. The molecule has 1 aliphatic carbocycles. The van der Waals surface area contributed by atoms with E-state index in [1.165, 1.54) is 7.11 Å². The number of ether oxygens (including phenoxy) is 1. The molecule has 0 aromatic rings. The second kappa shape index (κ2) is 3.70. The molecule has 16 heavy (non-hydrogen) atoms. The van der Waals surface area contributed by atoms with Crippen LogP contribution in [0.5, 0.6) is 0 Å². The van der Waals surface area contributed by atoms with Crippen molar-refractivity contribution in [3.8, 4) is 0 Å². The van der Waals surface area contributed by atoms with Crippen LogP contribution in [0.15, 0.2) is 0 Å². The molecule has 6 heteroatoms. The van der Waals surface area contributed by atoms with Gasteiger partial charge in [-0.1, -0.05) is 0 Å². The van der Waals surface area contributed by atoms with E-state index >= 15 is 0 Å². The van der Waals surface area contributed by atoms with Gasteiger partial charge in [-0.3, -0.25) is 0 Å². The first-order valence-corrected chi connectivity index (χ1v) is 7.19. The van der Waals surface area contributed by atoms with Crippen molar-refractivity contribution in [2.45, 2.75) is 25.4 Å². The average Bonchev–Trinajstić information content (AvgIpc) is 2.87. The minimum Gasteiger partial charge on any atom is -0.479 e. The van der Waals surface area contributed by atoms with E-state index in [0.717, 1.165) is 12.8 Å². The number of carboxylic acids is 1. The Bertz CT molecular complexity index is 395. The lowest BCUT2D eigenvalue weighted by Gasteiger charge is -2.27. The lowest BCUT2D eigenvalue weighted by atomic mass is 9.83. The molecule has 2 atom stereocenters. The van der Waals surface area contributed by atoms with E-state index < -0.39 is 27.3 Å². The van der Waals surface area contributed by atoms with E-state index in [-0.39, 0.29) is 17.4 Å². The Morgan fingerprint density at radius 2 is 2.12 bits per heavy atom. The zero-order valence-corrected chi connectivity index (χ0v) is 10.00. The van der Waals surface area contributed by atoms with Gasteiger partial charge in [0.25, 0.3) is 0 Å². The molecule has 0 radical (unpaired) electrons. The van der Waals surface area contributed by atoms with Crippen LogP contribution in [0.1, 0.15) is 19.3 Å². The van der Waals surface area contributed by atoms with Crippen molar-refractivity contribution in [1.82, 2.24) is 0 Å². The maximum Gasteiger partial charge on any atom is 0.333 e. The Labute approximate surface area is 94.7 Å². The first-order valence-electron chi connectivity index (χ1n) is 5.37. The predicted molar refractivity (Wildman–Crippen MR) is 56.9 cm³/mol. The topological polar surface area (TPSA) is 80.7 Å². The van der Waals surface area contributed by atoms with Crippen LogP contribution >= 0.6 is 0 Å². The van der Waals surface area contributed by atoms with Gasteiger partial charge in [-0.15, -0.1) is 0 Å². The lowest BCUT2D eigenvalue weighted by Crippen LogP contribution is -2.38. The Kier molecular flexibility index (Phi) is 2.74. The molecule has 0 aromatic carbocycles. The van der Waals surface area contributed by atoms with Gasteiger partial charge in [-0.05, 0) is 25.2 Å². The van der Waals surface area contributed by atoms with Crippen LogP contribution in [-0.4, -0.2) is 44.2 Å². The summed E-state index contributed by atoms with van der Waals surface area (Å²) in [5.74, 6) is -0.710. The highest BCUT2D eigenvalue weighted by atomic mass is 32.2. The smallest absolute Gasteiger partial charge is 0.333 e. The Morgan fingerprint density at radius 1 is 1.50 bits per heavy atom. The van der Waals surface area contributed by atoms with Crippen molar-refractivity contribution < 1.29 is 23.1 Å². The monoisotopic (exact) mass is 248 g/mol. The fraction of sp³-hybridized carbons (Fsp3) is 0.900. The maximum atomic E-state index is 11.4. The highest BCUT2D eigenvalue weighted by Crippen LogP contribution is 2.58. The molecule has 0 bridgehead atoms. The molecule has 1 heterocycles. The van der Waals surface area contributed by atoms with Crippen molar-refractivity contribution >= 4 is 15.8 Å². The van der Waals surface area contributed by atoms with Crippen molar-refractivity contribution in [3.63, 3.8) is 0 Å². The lowest BCUT2D eigenvalue weighted by molar-refractivity contribution is -0.154. The molecular formula is C10H16O5S. The third-order valence-electron chi connectivity index (χ3n) is 3.85. The van der Waals surface area contributed by atoms with Gasteiger partial charge in [-0.25, -0.2) is 13.2 Å².